The maximum absolute atomic E-state index is 12.7. The summed E-state index contributed by atoms with van der Waals surface area (Å²) < 4.78 is 7.73. The molecule has 0 spiro atoms. The summed E-state index contributed by atoms with van der Waals surface area (Å²) in [6.45, 7) is 0. The van der Waals surface area contributed by atoms with Crippen LogP contribution in [0.4, 0.5) is 10.5 Å². The normalized spacial score (nSPS) is 11.4. The highest BCUT2D eigenvalue weighted by molar-refractivity contribution is 5.91. The number of aromatic nitrogens is 2. The van der Waals surface area contributed by atoms with Gasteiger partial charge in [-0.05, 0) is 54.1 Å². The molecule has 4 N–H and O–H groups in total. The fourth-order valence-corrected chi connectivity index (χ4v) is 3.37. The standard InChI is InChI=1S/C25H23N5O3/c26-25(32)29-23(18-5-4-8-22(15-18)33-21-6-2-1-3-7-21)16-24(31)28-19-9-11-20(12-10-19)30-14-13-27-17-30/h1-15,17,23H,16H2,(H,28,31)(H3,26,29,32). The second kappa shape index (κ2) is 10.1. The number of primary amides is 1. The third kappa shape index (κ3) is 5.98. The molecule has 0 saturated heterocycles. The molecule has 0 aliphatic rings. The molecular formula is C25H23N5O3. The SMILES string of the molecule is NC(=O)NC(CC(=O)Nc1ccc(-n2ccnc2)cc1)c1cccc(Oc2ccccc2)c1. The Hall–Kier alpha value is -4.59. The molecule has 0 bridgehead atoms. The number of nitrogens with one attached hydrogen (secondary N) is 2. The number of amides is 3. The molecular weight excluding hydrogens is 418 g/mol. The summed E-state index contributed by atoms with van der Waals surface area (Å²) in [6.07, 6.45) is 5.23. The quantitative estimate of drug-likeness (QED) is 0.376. The van der Waals surface area contributed by atoms with Crippen molar-refractivity contribution < 1.29 is 14.3 Å². The van der Waals surface area contributed by atoms with Crippen LogP contribution in [-0.4, -0.2) is 21.5 Å². The van der Waals surface area contributed by atoms with Crippen LogP contribution in [0.2, 0.25) is 0 Å². The van der Waals surface area contributed by atoms with E-state index in [4.69, 9.17) is 10.5 Å². The van der Waals surface area contributed by atoms with Crippen molar-refractivity contribution in [3.8, 4) is 17.2 Å². The Morgan fingerprint density at radius 2 is 1.73 bits per heavy atom. The predicted molar refractivity (Wildman–Crippen MR) is 125 cm³/mol. The zero-order chi connectivity index (χ0) is 23.0. The van der Waals surface area contributed by atoms with Crippen molar-refractivity contribution in [2.24, 2.45) is 5.73 Å². The molecule has 4 aromatic rings. The Morgan fingerprint density at radius 3 is 2.42 bits per heavy atom. The van der Waals surface area contributed by atoms with Gasteiger partial charge in [-0.2, -0.15) is 0 Å². The Balaban J connectivity index is 1.44. The van der Waals surface area contributed by atoms with Gasteiger partial charge >= 0.3 is 6.03 Å². The van der Waals surface area contributed by atoms with E-state index in [2.05, 4.69) is 15.6 Å². The number of hydrogen-bond acceptors (Lipinski definition) is 4. The molecule has 0 aliphatic heterocycles. The van der Waals surface area contributed by atoms with Crippen molar-refractivity contribution in [2.75, 3.05) is 5.32 Å². The number of hydrogen-bond donors (Lipinski definition) is 3. The van der Waals surface area contributed by atoms with Gasteiger partial charge in [0.25, 0.3) is 0 Å². The summed E-state index contributed by atoms with van der Waals surface area (Å²) in [4.78, 5) is 28.3. The van der Waals surface area contributed by atoms with Gasteiger partial charge in [0.1, 0.15) is 11.5 Å². The average Bonchev–Trinajstić information content (AvgIpc) is 3.35. The van der Waals surface area contributed by atoms with Crippen molar-refractivity contribution in [3.63, 3.8) is 0 Å². The van der Waals surface area contributed by atoms with Crippen LogP contribution in [0.15, 0.2) is 97.6 Å². The molecule has 3 amide bonds. The Labute approximate surface area is 191 Å². The second-order valence-corrected chi connectivity index (χ2v) is 7.32. The third-order valence-electron chi connectivity index (χ3n) is 4.90. The van der Waals surface area contributed by atoms with Crippen LogP contribution >= 0.6 is 0 Å². The van der Waals surface area contributed by atoms with Gasteiger partial charge < -0.3 is 25.7 Å². The first-order valence-corrected chi connectivity index (χ1v) is 10.3. The minimum absolute atomic E-state index is 0.000994. The molecule has 8 heteroatoms. The number of ether oxygens (including phenoxy) is 1. The first kappa shape index (κ1) is 21.6. The van der Waals surface area contributed by atoms with E-state index < -0.39 is 12.1 Å². The molecule has 4 rings (SSSR count). The van der Waals surface area contributed by atoms with Gasteiger partial charge in [-0.15, -0.1) is 0 Å². The summed E-state index contributed by atoms with van der Waals surface area (Å²) >= 11 is 0. The molecule has 3 aromatic carbocycles. The van der Waals surface area contributed by atoms with Crippen LogP contribution in [0, 0.1) is 0 Å². The summed E-state index contributed by atoms with van der Waals surface area (Å²) in [5.74, 6) is 1.01. The van der Waals surface area contributed by atoms with Gasteiger partial charge in [0, 0.05) is 23.8 Å². The molecule has 0 fully saturated rings. The number of imidazole rings is 1. The van der Waals surface area contributed by atoms with Crippen LogP contribution in [0.5, 0.6) is 11.5 Å². The summed E-state index contributed by atoms with van der Waals surface area (Å²) in [5.41, 5.74) is 7.63. The van der Waals surface area contributed by atoms with Crippen LogP contribution in [0.3, 0.4) is 0 Å². The van der Waals surface area contributed by atoms with Gasteiger partial charge in [0.15, 0.2) is 0 Å². The molecule has 1 heterocycles. The smallest absolute Gasteiger partial charge is 0.312 e. The monoisotopic (exact) mass is 441 g/mol. The molecule has 1 aromatic heterocycles. The minimum atomic E-state index is -0.716. The van der Waals surface area contributed by atoms with Crippen molar-refractivity contribution in [2.45, 2.75) is 12.5 Å². The lowest BCUT2D eigenvalue weighted by molar-refractivity contribution is -0.116. The number of rotatable bonds is 8. The van der Waals surface area contributed by atoms with E-state index in [1.54, 1.807) is 42.9 Å². The van der Waals surface area contributed by atoms with Gasteiger partial charge in [-0.25, -0.2) is 9.78 Å². The molecule has 0 saturated carbocycles. The van der Waals surface area contributed by atoms with Crippen LogP contribution < -0.4 is 21.1 Å². The third-order valence-corrected chi connectivity index (χ3v) is 4.90. The Bertz CT molecular complexity index is 1210. The van der Waals surface area contributed by atoms with Crippen LogP contribution in [0.25, 0.3) is 5.69 Å². The van der Waals surface area contributed by atoms with E-state index >= 15 is 0 Å². The number of carbonyl (C=O) groups excluding carboxylic acids is 2. The summed E-state index contributed by atoms with van der Waals surface area (Å²) in [7, 11) is 0. The summed E-state index contributed by atoms with van der Waals surface area (Å²) in [6, 6.07) is 22.6. The second-order valence-electron chi connectivity index (χ2n) is 7.32. The molecule has 166 valence electrons. The number of nitrogens with zero attached hydrogens (tertiary/aromatic N) is 2. The van der Waals surface area contributed by atoms with E-state index in [9.17, 15) is 9.59 Å². The largest absolute Gasteiger partial charge is 0.457 e. The molecule has 8 nitrogen and oxygen atoms in total. The van der Waals surface area contributed by atoms with Crippen molar-refractivity contribution in [1.82, 2.24) is 14.9 Å². The number of carbonyl (C=O) groups is 2. The van der Waals surface area contributed by atoms with E-state index in [1.165, 1.54) is 0 Å². The molecule has 1 unspecified atom stereocenters. The van der Waals surface area contributed by atoms with Gasteiger partial charge in [0.2, 0.25) is 5.91 Å². The lowest BCUT2D eigenvalue weighted by atomic mass is 10.0. The predicted octanol–water partition coefficient (Wildman–Crippen LogP) is 4.40. The average molecular weight is 441 g/mol. The van der Waals surface area contributed by atoms with E-state index in [1.807, 2.05) is 59.3 Å². The number of nitrogens with two attached hydrogens (primary N) is 1. The molecule has 0 radical (unpaired) electrons. The number of urea groups is 1. The summed E-state index contributed by atoms with van der Waals surface area (Å²) in [5, 5.41) is 5.50. The van der Waals surface area contributed by atoms with Crippen molar-refractivity contribution >= 4 is 17.6 Å². The van der Waals surface area contributed by atoms with Crippen molar-refractivity contribution in [3.05, 3.63) is 103 Å². The molecule has 33 heavy (non-hydrogen) atoms. The lowest BCUT2D eigenvalue weighted by Crippen LogP contribution is -2.35. The van der Waals surface area contributed by atoms with E-state index in [-0.39, 0.29) is 12.3 Å². The first-order valence-electron chi connectivity index (χ1n) is 10.3. The number of para-hydroxylation sites is 1. The maximum Gasteiger partial charge on any atom is 0.312 e. The fourth-order valence-electron chi connectivity index (χ4n) is 3.37. The molecule has 1 atom stereocenters. The van der Waals surface area contributed by atoms with Gasteiger partial charge in [0.05, 0.1) is 18.8 Å². The number of benzene rings is 3. The lowest BCUT2D eigenvalue weighted by Gasteiger charge is -2.19. The van der Waals surface area contributed by atoms with Crippen LogP contribution in [0.1, 0.15) is 18.0 Å². The maximum atomic E-state index is 12.7. The zero-order valence-corrected chi connectivity index (χ0v) is 17.7. The Kier molecular flexibility index (Phi) is 6.65. The molecule has 0 aliphatic carbocycles. The topological polar surface area (TPSA) is 111 Å². The highest BCUT2D eigenvalue weighted by Crippen LogP contribution is 2.26. The van der Waals surface area contributed by atoms with Crippen molar-refractivity contribution in [1.29, 1.82) is 0 Å². The Morgan fingerprint density at radius 1 is 0.970 bits per heavy atom. The zero-order valence-electron chi connectivity index (χ0n) is 17.7. The van der Waals surface area contributed by atoms with E-state index in [0.717, 1.165) is 5.69 Å². The highest BCUT2D eigenvalue weighted by atomic mass is 16.5. The highest BCUT2D eigenvalue weighted by Gasteiger charge is 2.18. The first-order chi connectivity index (χ1) is 16.1. The fraction of sp³-hybridized carbons (Fsp3) is 0.0800. The van der Waals surface area contributed by atoms with Crippen LogP contribution in [-0.2, 0) is 4.79 Å². The van der Waals surface area contributed by atoms with Gasteiger partial charge in [-0.3, -0.25) is 4.79 Å². The minimum Gasteiger partial charge on any atom is -0.457 e. The number of anilines is 1. The van der Waals surface area contributed by atoms with E-state index in [0.29, 0.717) is 22.7 Å². The van der Waals surface area contributed by atoms with Gasteiger partial charge in [-0.1, -0.05) is 30.3 Å².